The number of halogens is 1. The van der Waals surface area contributed by atoms with Crippen molar-refractivity contribution in [1.29, 1.82) is 0 Å². The summed E-state index contributed by atoms with van der Waals surface area (Å²) in [6.07, 6.45) is 2.66. The number of aryl methyl sites for hydroxylation is 1. The molecule has 0 unspecified atom stereocenters. The van der Waals surface area contributed by atoms with Gasteiger partial charge in [0.15, 0.2) is 0 Å². The van der Waals surface area contributed by atoms with Gasteiger partial charge in [0, 0.05) is 23.5 Å². The van der Waals surface area contributed by atoms with Crippen LogP contribution < -0.4 is 10.5 Å². The highest BCUT2D eigenvalue weighted by Crippen LogP contribution is 2.43. The summed E-state index contributed by atoms with van der Waals surface area (Å²) in [4.78, 5) is 32.5. The van der Waals surface area contributed by atoms with Crippen molar-refractivity contribution in [1.82, 2.24) is 9.88 Å². The van der Waals surface area contributed by atoms with Crippen molar-refractivity contribution >= 4 is 11.6 Å². The highest BCUT2D eigenvalue weighted by Gasteiger charge is 2.50. The Morgan fingerprint density at radius 1 is 1.14 bits per heavy atom. The number of aromatic nitrogens is 1. The number of benzene rings is 1. The number of pyridine rings is 1. The Balaban J connectivity index is 1.67. The van der Waals surface area contributed by atoms with Crippen LogP contribution >= 0.6 is 0 Å². The number of fused-ring (bicyclic) bond motifs is 1. The Hall–Kier alpha value is -2.63. The van der Waals surface area contributed by atoms with E-state index in [9.17, 15) is 14.0 Å². The van der Waals surface area contributed by atoms with Crippen molar-refractivity contribution < 1.29 is 9.18 Å². The molecule has 2 saturated heterocycles. The molecule has 2 aliphatic heterocycles. The third-order valence-corrected chi connectivity index (χ3v) is 6.09. The van der Waals surface area contributed by atoms with Crippen LogP contribution in [0.2, 0.25) is 0 Å². The van der Waals surface area contributed by atoms with Gasteiger partial charge in [0.25, 0.3) is 11.5 Å². The number of piperidine rings is 1. The topological polar surface area (TPSA) is 56.4 Å². The van der Waals surface area contributed by atoms with E-state index in [1.807, 2.05) is 17.0 Å². The number of carbonyl (C=O) groups is 1. The van der Waals surface area contributed by atoms with Gasteiger partial charge in [-0.3, -0.25) is 9.59 Å². The molecule has 0 saturated carbocycles. The standard InChI is InChI=1S/C22H26FN3O2/c1-14-6-11-17(20(27)24-14)21(28)25-12-4-5-18-19(25)13-22(2,3)26(18)16-9-7-15(23)8-10-16/h6-11,18-19H,4-5,12-13H2,1-3H3,(H,24,27)/t18-,19-/m0/s1. The maximum atomic E-state index is 13.4. The minimum absolute atomic E-state index is 0.0296. The predicted molar refractivity (Wildman–Crippen MR) is 107 cm³/mol. The first-order valence-corrected chi connectivity index (χ1v) is 9.84. The highest BCUT2D eigenvalue weighted by molar-refractivity contribution is 5.94. The molecule has 28 heavy (non-hydrogen) atoms. The lowest BCUT2D eigenvalue weighted by atomic mass is 9.93. The fourth-order valence-electron chi connectivity index (χ4n) is 4.93. The van der Waals surface area contributed by atoms with Gasteiger partial charge in [0.05, 0.1) is 12.1 Å². The molecule has 2 fully saturated rings. The predicted octanol–water partition coefficient (Wildman–Crippen LogP) is 3.48. The summed E-state index contributed by atoms with van der Waals surface area (Å²) < 4.78 is 13.4. The Morgan fingerprint density at radius 3 is 2.54 bits per heavy atom. The monoisotopic (exact) mass is 383 g/mol. The third kappa shape index (κ3) is 3.11. The van der Waals surface area contributed by atoms with Crippen LogP contribution in [0.25, 0.3) is 0 Å². The maximum absolute atomic E-state index is 13.4. The molecule has 6 heteroatoms. The van der Waals surface area contributed by atoms with Crippen molar-refractivity contribution in [3.05, 3.63) is 63.8 Å². The molecule has 2 aliphatic rings. The summed E-state index contributed by atoms with van der Waals surface area (Å²) in [5.41, 5.74) is 1.41. The molecule has 1 N–H and O–H groups in total. The number of H-pyrrole nitrogens is 1. The van der Waals surface area contributed by atoms with E-state index in [1.54, 1.807) is 19.1 Å². The number of amides is 1. The lowest BCUT2D eigenvalue weighted by Gasteiger charge is -2.42. The Labute approximate surface area is 164 Å². The first-order chi connectivity index (χ1) is 13.3. The smallest absolute Gasteiger partial charge is 0.260 e. The van der Waals surface area contributed by atoms with Gasteiger partial charge >= 0.3 is 0 Å². The molecule has 1 aromatic heterocycles. The van der Waals surface area contributed by atoms with Crippen LogP contribution in [0.15, 0.2) is 41.2 Å². The zero-order valence-corrected chi connectivity index (χ0v) is 16.5. The lowest BCUT2D eigenvalue weighted by molar-refractivity contribution is 0.0603. The number of hydrogen-bond donors (Lipinski definition) is 1. The minimum Gasteiger partial charge on any atom is -0.361 e. The van der Waals surface area contributed by atoms with E-state index in [4.69, 9.17) is 0 Å². The fraction of sp³-hybridized carbons (Fsp3) is 0.455. The first-order valence-electron chi connectivity index (χ1n) is 9.84. The molecular formula is C22H26FN3O2. The number of aromatic amines is 1. The molecule has 1 aromatic carbocycles. The second kappa shape index (κ2) is 6.76. The van der Waals surface area contributed by atoms with E-state index in [0.29, 0.717) is 6.54 Å². The van der Waals surface area contributed by atoms with Crippen LogP contribution in [0.5, 0.6) is 0 Å². The van der Waals surface area contributed by atoms with E-state index in [2.05, 4.69) is 23.7 Å². The number of hydrogen-bond acceptors (Lipinski definition) is 3. The number of nitrogens with one attached hydrogen (secondary N) is 1. The average molecular weight is 383 g/mol. The van der Waals surface area contributed by atoms with Crippen LogP contribution in [0.1, 0.15) is 49.2 Å². The van der Waals surface area contributed by atoms with Gasteiger partial charge in [-0.25, -0.2) is 4.39 Å². The van der Waals surface area contributed by atoms with Crippen molar-refractivity contribution in [2.75, 3.05) is 11.4 Å². The van der Waals surface area contributed by atoms with Gasteiger partial charge in [-0.05, 0) is 76.4 Å². The van der Waals surface area contributed by atoms with Crippen molar-refractivity contribution in [2.24, 2.45) is 0 Å². The fourth-order valence-corrected chi connectivity index (χ4v) is 4.93. The molecule has 5 nitrogen and oxygen atoms in total. The second-order valence-electron chi connectivity index (χ2n) is 8.52. The van der Waals surface area contributed by atoms with Gasteiger partial charge in [-0.2, -0.15) is 0 Å². The van der Waals surface area contributed by atoms with Gasteiger partial charge in [-0.1, -0.05) is 0 Å². The third-order valence-electron chi connectivity index (χ3n) is 6.09. The van der Waals surface area contributed by atoms with E-state index >= 15 is 0 Å². The number of likely N-dealkylation sites (tertiary alicyclic amines) is 1. The molecule has 2 aromatic rings. The molecule has 4 rings (SSSR count). The summed E-state index contributed by atoms with van der Waals surface area (Å²) in [7, 11) is 0. The van der Waals surface area contributed by atoms with E-state index in [1.165, 1.54) is 12.1 Å². The molecule has 2 atom stereocenters. The molecule has 0 spiro atoms. The molecule has 3 heterocycles. The zero-order valence-electron chi connectivity index (χ0n) is 16.5. The largest absolute Gasteiger partial charge is 0.361 e. The number of anilines is 1. The van der Waals surface area contributed by atoms with Crippen LogP contribution in [0.4, 0.5) is 10.1 Å². The SMILES string of the molecule is Cc1ccc(C(=O)N2CCC[C@H]3[C@@H]2CC(C)(C)N3c2ccc(F)cc2)c(=O)[nH]1. The maximum Gasteiger partial charge on any atom is 0.260 e. The van der Waals surface area contributed by atoms with Crippen LogP contribution in [-0.2, 0) is 0 Å². The van der Waals surface area contributed by atoms with E-state index in [0.717, 1.165) is 30.6 Å². The second-order valence-corrected chi connectivity index (χ2v) is 8.52. The van der Waals surface area contributed by atoms with Gasteiger partial charge < -0.3 is 14.8 Å². The van der Waals surface area contributed by atoms with Crippen molar-refractivity contribution in [3.8, 4) is 0 Å². The molecule has 1 amide bonds. The Bertz CT molecular complexity index is 951. The molecule has 148 valence electrons. The van der Waals surface area contributed by atoms with Crippen molar-refractivity contribution in [3.63, 3.8) is 0 Å². The lowest BCUT2D eigenvalue weighted by Crippen LogP contribution is -2.53. The normalized spacial score (nSPS) is 23.6. The summed E-state index contributed by atoms with van der Waals surface area (Å²) >= 11 is 0. The minimum atomic E-state index is -0.334. The first kappa shape index (κ1) is 18.7. The van der Waals surface area contributed by atoms with E-state index in [-0.39, 0.29) is 40.5 Å². The summed E-state index contributed by atoms with van der Waals surface area (Å²) in [5, 5.41) is 0. The summed E-state index contributed by atoms with van der Waals surface area (Å²) in [5.74, 6) is -0.455. The van der Waals surface area contributed by atoms with Crippen LogP contribution in [-0.4, -0.2) is 40.0 Å². The Kier molecular flexibility index (Phi) is 4.52. The zero-order chi connectivity index (χ0) is 20.1. The summed E-state index contributed by atoms with van der Waals surface area (Å²) in [6.45, 7) is 6.78. The number of nitrogens with zero attached hydrogens (tertiary/aromatic N) is 2. The van der Waals surface area contributed by atoms with E-state index < -0.39 is 0 Å². The van der Waals surface area contributed by atoms with Gasteiger partial charge in [0.1, 0.15) is 11.4 Å². The number of rotatable bonds is 2. The molecule has 0 radical (unpaired) electrons. The van der Waals surface area contributed by atoms with Crippen LogP contribution in [0.3, 0.4) is 0 Å². The van der Waals surface area contributed by atoms with Gasteiger partial charge in [-0.15, -0.1) is 0 Å². The molecule has 0 bridgehead atoms. The Morgan fingerprint density at radius 2 is 1.86 bits per heavy atom. The van der Waals surface area contributed by atoms with Crippen LogP contribution in [0, 0.1) is 12.7 Å². The number of carbonyl (C=O) groups excluding carboxylic acids is 1. The van der Waals surface area contributed by atoms with Crippen molar-refractivity contribution in [2.45, 2.75) is 57.7 Å². The average Bonchev–Trinajstić information content (AvgIpc) is 2.92. The molecule has 0 aliphatic carbocycles. The molecular weight excluding hydrogens is 357 g/mol. The highest BCUT2D eigenvalue weighted by atomic mass is 19.1. The summed E-state index contributed by atoms with van der Waals surface area (Å²) in [6, 6.07) is 10.2. The quantitative estimate of drug-likeness (QED) is 0.864. The van der Waals surface area contributed by atoms with Gasteiger partial charge in [0.2, 0.25) is 0 Å².